The van der Waals surface area contributed by atoms with Gasteiger partial charge in [-0.15, -0.1) is 5.10 Å². The van der Waals surface area contributed by atoms with Gasteiger partial charge in [0.25, 0.3) is 5.78 Å². The second-order valence-electron chi connectivity index (χ2n) is 11.1. The van der Waals surface area contributed by atoms with E-state index >= 15 is 0 Å². The van der Waals surface area contributed by atoms with Crippen LogP contribution in [0.3, 0.4) is 0 Å². The topological polar surface area (TPSA) is 116 Å². The average Bonchev–Trinajstić information content (AvgIpc) is 3.59. The van der Waals surface area contributed by atoms with Crippen LogP contribution < -0.4 is 4.74 Å². The van der Waals surface area contributed by atoms with Gasteiger partial charge in [-0.25, -0.2) is 9.50 Å². The molecule has 0 amide bonds. The predicted molar refractivity (Wildman–Crippen MR) is 145 cm³/mol. The summed E-state index contributed by atoms with van der Waals surface area (Å²) < 4.78 is 13.7. The van der Waals surface area contributed by atoms with Crippen molar-refractivity contribution in [1.82, 2.24) is 19.6 Å². The van der Waals surface area contributed by atoms with Crippen LogP contribution in [-0.4, -0.2) is 48.6 Å². The number of phenolic OH excluding ortho intramolecular Hbond substituents is 1. The average molecular weight is 535 g/mol. The number of benzene rings is 1. The minimum absolute atomic E-state index is 0.0979. The van der Waals surface area contributed by atoms with E-state index in [0.29, 0.717) is 36.8 Å². The molecule has 1 saturated heterocycles. The van der Waals surface area contributed by atoms with Crippen molar-refractivity contribution in [2.75, 3.05) is 6.61 Å². The number of phenols is 1. The van der Waals surface area contributed by atoms with Crippen molar-refractivity contribution in [3.63, 3.8) is 0 Å². The van der Waals surface area contributed by atoms with Gasteiger partial charge in [0, 0.05) is 31.3 Å². The normalized spacial score (nSPS) is 22.0. The highest BCUT2D eigenvalue weighted by Crippen LogP contribution is 2.45. The van der Waals surface area contributed by atoms with Crippen molar-refractivity contribution in [1.29, 1.82) is 0 Å². The molecule has 0 spiro atoms. The first-order valence-corrected chi connectivity index (χ1v) is 14.2. The molecular formula is C30H38N4O5. The maximum absolute atomic E-state index is 13.5. The van der Waals surface area contributed by atoms with Crippen molar-refractivity contribution in [2.45, 2.75) is 90.6 Å². The summed E-state index contributed by atoms with van der Waals surface area (Å²) in [5, 5.41) is 15.2. The van der Waals surface area contributed by atoms with Gasteiger partial charge in [0.2, 0.25) is 0 Å². The third-order valence-corrected chi connectivity index (χ3v) is 8.22. The number of aromatic hydroxyl groups is 1. The van der Waals surface area contributed by atoms with Crippen LogP contribution in [0.2, 0.25) is 0 Å². The molecule has 2 aliphatic rings. The Kier molecular flexibility index (Phi) is 7.86. The number of ether oxygens (including phenoxy) is 2. The minimum atomic E-state index is -0.923. The molecule has 2 fully saturated rings. The summed E-state index contributed by atoms with van der Waals surface area (Å²) in [6, 6.07) is 3.68. The van der Waals surface area contributed by atoms with Crippen LogP contribution in [0, 0.1) is 18.8 Å². The minimum Gasteiger partial charge on any atom is -0.508 e. The fourth-order valence-electron chi connectivity index (χ4n) is 6.10. The summed E-state index contributed by atoms with van der Waals surface area (Å²) in [5.41, 5.74) is 1.90. The van der Waals surface area contributed by atoms with Gasteiger partial charge in [0.05, 0.1) is 6.61 Å². The number of hydrogen-bond acceptors (Lipinski definition) is 8. The molecule has 0 radical (unpaired) electrons. The number of Topliss-reactive ketones (excluding diaryl/α,β-unsaturated/α-hetero) is 1. The van der Waals surface area contributed by atoms with E-state index < -0.39 is 17.5 Å². The molecular weight excluding hydrogens is 496 g/mol. The Balaban J connectivity index is 1.35. The molecule has 1 aliphatic heterocycles. The van der Waals surface area contributed by atoms with Gasteiger partial charge >= 0.3 is 5.97 Å². The maximum atomic E-state index is 13.5. The maximum Gasteiger partial charge on any atom is 0.317 e. The number of esters is 1. The summed E-state index contributed by atoms with van der Waals surface area (Å²) in [6.07, 6.45) is 10.4. The SMILES string of the molecule is CCCOc1cc(O)c(CCC2(C3CCCC3)CC(=O)C(Cc3nc4ncc(C)cn4n3)C(=O)O2)cc1CC. The zero-order chi connectivity index (χ0) is 27.6. The highest BCUT2D eigenvalue weighted by Gasteiger charge is 2.51. The molecule has 3 aromatic rings. The standard InChI is InChI=1S/C30H38N4O5/c1-4-12-38-26-15-24(35)21(13-20(26)5-2)10-11-30(22-8-6-7-9-22)16-25(36)23(28(37)39-30)14-27-32-29-31-17-19(3)18-34(29)33-27/h13,15,17-18,22-23,35H,4-12,14,16H2,1-3H3. The summed E-state index contributed by atoms with van der Waals surface area (Å²) in [4.78, 5) is 35.6. The summed E-state index contributed by atoms with van der Waals surface area (Å²) in [6.45, 7) is 6.61. The Bertz CT molecular complexity index is 1340. The highest BCUT2D eigenvalue weighted by atomic mass is 16.6. The zero-order valence-corrected chi connectivity index (χ0v) is 23.1. The molecule has 39 heavy (non-hydrogen) atoms. The monoisotopic (exact) mass is 534 g/mol. The Morgan fingerprint density at radius 1 is 1.18 bits per heavy atom. The molecule has 2 unspecified atom stereocenters. The fraction of sp³-hybridized carbons (Fsp3) is 0.567. The van der Waals surface area contributed by atoms with Crippen LogP contribution >= 0.6 is 0 Å². The Morgan fingerprint density at radius 3 is 2.69 bits per heavy atom. The fourth-order valence-corrected chi connectivity index (χ4v) is 6.10. The van der Waals surface area contributed by atoms with Gasteiger partial charge in [-0.1, -0.05) is 26.7 Å². The smallest absolute Gasteiger partial charge is 0.317 e. The van der Waals surface area contributed by atoms with Crippen molar-refractivity contribution in [3.05, 3.63) is 47.0 Å². The van der Waals surface area contributed by atoms with Crippen molar-refractivity contribution >= 4 is 17.5 Å². The van der Waals surface area contributed by atoms with Crippen molar-refractivity contribution < 1.29 is 24.2 Å². The van der Waals surface area contributed by atoms with E-state index in [9.17, 15) is 14.7 Å². The molecule has 3 heterocycles. The largest absolute Gasteiger partial charge is 0.508 e. The lowest BCUT2D eigenvalue weighted by Gasteiger charge is -2.43. The number of hydrogen-bond donors (Lipinski definition) is 1. The lowest BCUT2D eigenvalue weighted by atomic mass is 9.73. The van der Waals surface area contributed by atoms with E-state index in [-0.39, 0.29) is 30.3 Å². The number of carbonyl (C=O) groups excluding carboxylic acids is 2. The lowest BCUT2D eigenvalue weighted by Crippen LogP contribution is -2.52. The van der Waals surface area contributed by atoms with Crippen molar-refractivity contribution in [2.24, 2.45) is 11.8 Å². The van der Waals surface area contributed by atoms with Crippen LogP contribution in [-0.2, 0) is 33.6 Å². The van der Waals surface area contributed by atoms with E-state index in [1.807, 2.05) is 26.1 Å². The first kappa shape index (κ1) is 27.1. The molecule has 1 N–H and O–H groups in total. The Labute approximate surface area is 229 Å². The highest BCUT2D eigenvalue weighted by molar-refractivity contribution is 6.01. The number of cyclic esters (lactones) is 1. The lowest BCUT2D eigenvalue weighted by molar-refractivity contribution is -0.185. The molecule has 9 nitrogen and oxygen atoms in total. The van der Waals surface area contributed by atoms with E-state index in [2.05, 4.69) is 22.0 Å². The number of carbonyl (C=O) groups is 2. The molecule has 1 aliphatic carbocycles. The van der Waals surface area contributed by atoms with Gasteiger partial charge in [0.15, 0.2) is 11.6 Å². The van der Waals surface area contributed by atoms with E-state index in [4.69, 9.17) is 9.47 Å². The molecule has 2 atom stereocenters. The molecule has 0 bridgehead atoms. The van der Waals surface area contributed by atoms with Gasteiger partial charge < -0.3 is 14.6 Å². The van der Waals surface area contributed by atoms with E-state index in [1.165, 1.54) is 0 Å². The van der Waals surface area contributed by atoms with Gasteiger partial charge in [-0.2, -0.15) is 4.98 Å². The number of aryl methyl sites for hydroxylation is 3. The van der Waals surface area contributed by atoms with Gasteiger partial charge in [-0.05, 0) is 74.1 Å². The number of ketones is 1. The van der Waals surface area contributed by atoms with Crippen molar-refractivity contribution in [3.8, 4) is 11.5 Å². The molecule has 5 rings (SSSR count). The Hall–Kier alpha value is -3.49. The number of rotatable bonds is 10. The number of aromatic nitrogens is 4. The van der Waals surface area contributed by atoms with Crippen LogP contribution in [0.5, 0.6) is 11.5 Å². The van der Waals surface area contributed by atoms with Crippen LogP contribution in [0.25, 0.3) is 5.78 Å². The first-order valence-electron chi connectivity index (χ1n) is 14.2. The zero-order valence-electron chi connectivity index (χ0n) is 23.1. The van der Waals surface area contributed by atoms with Crippen LogP contribution in [0.4, 0.5) is 0 Å². The van der Waals surface area contributed by atoms with Gasteiger partial charge in [0.1, 0.15) is 23.0 Å². The summed E-state index contributed by atoms with van der Waals surface area (Å²) in [7, 11) is 0. The molecule has 208 valence electrons. The summed E-state index contributed by atoms with van der Waals surface area (Å²) in [5.74, 6) is 0.307. The first-order chi connectivity index (χ1) is 18.8. The second kappa shape index (κ2) is 11.3. The van der Waals surface area contributed by atoms with E-state index in [1.54, 1.807) is 16.8 Å². The predicted octanol–water partition coefficient (Wildman–Crippen LogP) is 4.73. The Morgan fingerprint density at radius 2 is 1.97 bits per heavy atom. The van der Waals surface area contributed by atoms with Gasteiger partial charge in [-0.3, -0.25) is 9.59 Å². The quantitative estimate of drug-likeness (QED) is 0.293. The van der Waals surface area contributed by atoms with E-state index in [0.717, 1.165) is 55.2 Å². The summed E-state index contributed by atoms with van der Waals surface area (Å²) >= 11 is 0. The molecule has 1 saturated carbocycles. The third-order valence-electron chi connectivity index (χ3n) is 8.22. The number of nitrogens with zero attached hydrogens (tertiary/aromatic N) is 4. The van der Waals surface area contributed by atoms with Crippen LogP contribution in [0.1, 0.15) is 81.3 Å². The third kappa shape index (κ3) is 5.63. The molecule has 1 aromatic carbocycles. The molecule has 9 heteroatoms. The van der Waals surface area contributed by atoms with Crippen LogP contribution in [0.15, 0.2) is 24.5 Å². The molecule has 2 aromatic heterocycles. The second-order valence-corrected chi connectivity index (χ2v) is 11.1. The number of fused-ring (bicyclic) bond motifs is 1.